The van der Waals surface area contributed by atoms with Crippen LogP contribution < -0.4 is 10.1 Å². The number of amides is 1. The molecule has 0 fully saturated rings. The summed E-state index contributed by atoms with van der Waals surface area (Å²) in [6.45, 7) is 2.29. The first kappa shape index (κ1) is 24.7. The monoisotopic (exact) mass is 588 g/mol. The van der Waals surface area contributed by atoms with Crippen molar-refractivity contribution in [3.8, 4) is 11.8 Å². The normalized spacial score (nSPS) is 12.1. The first-order chi connectivity index (χ1) is 16.9. The molecule has 1 N–H and O–H groups in total. The summed E-state index contributed by atoms with van der Waals surface area (Å²) >= 11 is 7.13. The molecule has 4 nitrogen and oxygen atoms in total. The standard InChI is InChI=1S/C29H22Br2N2O2/c1-19(22-7-3-2-4-8-22)33-29(34)25(17-32)14-21-15-26(30)28(27(31)16-21)35-18-20-11-12-23-9-5-6-10-24(23)13-20/h2-16,19H,18H2,1H3,(H,33,34)/b25-14-/t19-/m1/s1. The van der Waals surface area contributed by atoms with Crippen molar-refractivity contribution in [2.24, 2.45) is 0 Å². The van der Waals surface area contributed by atoms with E-state index in [1.807, 2.05) is 67.6 Å². The third-order valence-corrected chi connectivity index (χ3v) is 6.72. The molecule has 0 aromatic heterocycles. The number of hydrogen-bond donors (Lipinski definition) is 1. The van der Waals surface area contributed by atoms with Crippen LogP contribution in [0.1, 0.15) is 29.7 Å². The van der Waals surface area contributed by atoms with Crippen LogP contribution >= 0.6 is 31.9 Å². The van der Waals surface area contributed by atoms with Crippen molar-refractivity contribution in [3.05, 3.63) is 116 Å². The van der Waals surface area contributed by atoms with Crippen molar-refractivity contribution in [3.63, 3.8) is 0 Å². The van der Waals surface area contributed by atoms with Gasteiger partial charge in [-0.2, -0.15) is 5.26 Å². The van der Waals surface area contributed by atoms with Crippen LogP contribution in [0.25, 0.3) is 16.8 Å². The topological polar surface area (TPSA) is 62.1 Å². The van der Waals surface area contributed by atoms with E-state index in [0.29, 0.717) is 26.9 Å². The molecule has 1 atom stereocenters. The van der Waals surface area contributed by atoms with E-state index in [-0.39, 0.29) is 11.6 Å². The second-order valence-corrected chi connectivity index (χ2v) is 9.77. The van der Waals surface area contributed by atoms with Crippen LogP contribution in [0.15, 0.2) is 99.4 Å². The average Bonchev–Trinajstić information content (AvgIpc) is 2.87. The molecule has 0 saturated carbocycles. The van der Waals surface area contributed by atoms with E-state index in [0.717, 1.165) is 16.5 Å². The predicted molar refractivity (Wildman–Crippen MR) is 147 cm³/mol. The Hall–Kier alpha value is -3.40. The zero-order chi connectivity index (χ0) is 24.8. The SMILES string of the molecule is C[C@@H](NC(=O)/C(C#N)=C\c1cc(Br)c(OCc2ccc3ccccc3c2)c(Br)c1)c1ccccc1. The first-order valence-corrected chi connectivity index (χ1v) is 12.6. The maximum absolute atomic E-state index is 12.7. The highest BCUT2D eigenvalue weighted by Crippen LogP contribution is 2.36. The maximum Gasteiger partial charge on any atom is 0.262 e. The molecular formula is C29H22Br2N2O2. The van der Waals surface area contributed by atoms with E-state index in [1.54, 1.807) is 6.08 Å². The molecule has 4 aromatic carbocycles. The molecule has 0 spiro atoms. The van der Waals surface area contributed by atoms with E-state index in [2.05, 4.69) is 67.5 Å². The number of fused-ring (bicyclic) bond motifs is 1. The summed E-state index contributed by atoms with van der Waals surface area (Å²) in [4.78, 5) is 12.7. The van der Waals surface area contributed by atoms with Gasteiger partial charge in [0.05, 0.1) is 15.0 Å². The molecule has 174 valence electrons. The summed E-state index contributed by atoms with van der Waals surface area (Å²) in [5.74, 6) is 0.226. The quantitative estimate of drug-likeness (QED) is 0.177. The minimum atomic E-state index is -0.423. The van der Waals surface area contributed by atoms with Crippen LogP contribution in [0, 0.1) is 11.3 Å². The van der Waals surface area contributed by atoms with Gasteiger partial charge in [-0.1, -0.05) is 66.7 Å². The molecule has 0 bridgehead atoms. The van der Waals surface area contributed by atoms with Gasteiger partial charge >= 0.3 is 0 Å². The number of nitrogens with zero attached hydrogens (tertiary/aromatic N) is 1. The van der Waals surface area contributed by atoms with Crippen molar-refractivity contribution in [2.75, 3.05) is 0 Å². The Morgan fingerprint density at radius 1 is 0.971 bits per heavy atom. The molecule has 0 unspecified atom stereocenters. The lowest BCUT2D eigenvalue weighted by Gasteiger charge is -2.14. The van der Waals surface area contributed by atoms with Gasteiger partial charge < -0.3 is 10.1 Å². The molecule has 0 heterocycles. The van der Waals surface area contributed by atoms with Gasteiger partial charge in [0.1, 0.15) is 24.0 Å². The van der Waals surface area contributed by atoms with Crippen molar-refractivity contribution in [1.29, 1.82) is 5.26 Å². The number of carbonyl (C=O) groups excluding carboxylic acids is 1. The molecule has 35 heavy (non-hydrogen) atoms. The van der Waals surface area contributed by atoms with Gasteiger partial charge in [-0.25, -0.2) is 0 Å². The van der Waals surface area contributed by atoms with Gasteiger partial charge in [0.25, 0.3) is 5.91 Å². The van der Waals surface area contributed by atoms with Gasteiger partial charge in [-0.3, -0.25) is 4.79 Å². The minimum absolute atomic E-state index is 0.0245. The Kier molecular flexibility index (Phi) is 8.02. The number of ether oxygens (including phenoxy) is 1. The van der Waals surface area contributed by atoms with E-state index < -0.39 is 5.91 Å². The van der Waals surface area contributed by atoms with E-state index in [1.165, 1.54) is 5.39 Å². The fourth-order valence-corrected chi connectivity index (χ4v) is 5.15. The second kappa shape index (κ2) is 11.4. The summed E-state index contributed by atoms with van der Waals surface area (Å²) in [6, 6.07) is 29.5. The van der Waals surface area contributed by atoms with Crippen molar-refractivity contribution < 1.29 is 9.53 Å². The number of benzene rings is 4. The molecule has 1 amide bonds. The number of nitriles is 1. The Balaban J connectivity index is 1.48. The number of hydrogen-bond acceptors (Lipinski definition) is 3. The van der Waals surface area contributed by atoms with Gasteiger partial charge in [0.2, 0.25) is 0 Å². The molecule has 0 aliphatic rings. The number of rotatable bonds is 7. The highest BCUT2D eigenvalue weighted by atomic mass is 79.9. The Bertz CT molecular complexity index is 1420. The fourth-order valence-electron chi connectivity index (χ4n) is 3.70. The van der Waals surface area contributed by atoms with Crippen molar-refractivity contribution in [1.82, 2.24) is 5.32 Å². The highest BCUT2D eigenvalue weighted by molar-refractivity contribution is 9.11. The maximum atomic E-state index is 12.7. The van der Waals surface area contributed by atoms with Gasteiger partial charge in [-0.15, -0.1) is 0 Å². The average molecular weight is 590 g/mol. The molecule has 0 saturated heterocycles. The summed E-state index contributed by atoms with van der Waals surface area (Å²) in [7, 11) is 0. The van der Waals surface area contributed by atoms with Gasteiger partial charge in [0.15, 0.2) is 0 Å². The molecule has 0 radical (unpaired) electrons. The Morgan fingerprint density at radius 3 is 2.31 bits per heavy atom. The van der Waals surface area contributed by atoms with E-state index in [4.69, 9.17) is 4.74 Å². The predicted octanol–water partition coefficient (Wildman–Crippen LogP) is 7.73. The summed E-state index contributed by atoms with van der Waals surface area (Å²) in [5.41, 5.74) is 2.75. The molecule has 6 heteroatoms. The first-order valence-electron chi connectivity index (χ1n) is 11.0. The number of halogens is 2. The van der Waals surface area contributed by atoms with Crippen LogP contribution in [-0.2, 0) is 11.4 Å². The van der Waals surface area contributed by atoms with Crippen LogP contribution in [0.5, 0.6) is 5.75 Å². The van der Waals surface area contributed by atoms with Crippen LogP contribution in [0.2, 0.25) is 0 Å². The van der Waals surface area contributed by atoms with Crippen LogP contribution in [0.3, 0.4) is 0 Å². The summed E-state index contributed by atoms with van der Waals surface area (Å²) in [6.07, 6.45) is 1.57. The van der Waals surface area contributed by atoms with Crippen LogP contribution in [0.4, 0.5) is 0 Å². The summed E-state index contributed by atoms with van der Waals surface area (Å²) in [5, 5.41) is 14.8. The van der Waals surface area contributed by atoms with Crippen molar-refractivity contribution >= 4 is 54.6 Å². The molecular weight excluding hydrogens is 568 g/mol. The van der Waals surface area contributed by atoms with Gasteiger partial charge in [-0.05, 0) is 90.5 Å². The van der Waals surface area contributed by atoms with E-state index >= 15 is 0 Å². The lowest BCUT2D eigenvalue weighted by Crippen LogP contribution is -2.27. The lowest BCUT2D eigenvalue weighted by atomic mass is 10.1. The Morgan fingerprint density at radius 2 is 1.63 bits per heavy atom. The third kappa shape index (κ3) is 6.19. The molecule has 4 rings (SSSR count). The Labute approximate surface area is 221 Å². The minimum Gasteiger partial charge on any atom is -0.487 e. The summed E-state index contributed by atoms with van der Waals surface area (Å²) < 4.78 is 7.51. The molecule has 4 aromatic rings. The lowest BCUT2D eigenvalue weighted by molar-refractivity contribution is -0.117. The smallest absolute Gasteiger partial charge is 0.262 e. The fraction of sp³-hybridized carbons (Fsp3) is 0.103. The number of nitrogens with one attached hydrogen (secondary N) is 1. The zero-order valence-corrected chi connectivity index (χ0v) is 22.1. The van der Waals surface area contributed by atoms with Crippen LogP contribution in [-0.4, -0.2) is 5.91 Å². The van der Waals surface area contributed by atoms with E-state index in [9.17, 15) is 10.1 Å². The second-order valence-electron chi connectivity index (χ2n) is 8.06. The molecule has 0 aliphatic heterocycles. The van der Waals surface area contributed by atoms with Crippen molar-refractivity contribution in [2.45, 2.75) is 19.6 Å². The molecule has 0 aliphatic carbocycles. The largest absolute Gasteiger partial charge is 0.487 e. The van der Waals surface area contributed by atoms with Gasteiger partial charge in [0, 0.05) is 0 Å². The highest BCUT2D eigenvalue weighted by Gasteiger charge is 2.15. The third-order valence-electron chi connectivity index (χ3n) is 5.54. The zero-order valence-electron chi connectivity index (χ0n) is 19.0. The number of carbonyl (C=O) groups is 1.